The first-order valence-electron chi connectivity index (χ1n) is 8.84. The Balaban J connectivity index is 1.60. The van der Waals surface area contributed by atoms with Crippen LogP contribution in [-0.4, -0.2) is 51.2 Å². The van der Waals surface area contributed by atoms with Crippen molar-refractivity contribution in [3.8, 4) is 0 Å². The lowest BCUT2D eigenvalue weighted by Crippen LogP contribution is -2.48. The van der Waals surface area contributed by atoms with Crippen LogP contribution in [0.15, 0.2) is 0 Å². The van der Waals surface area contributed by atoms with Gasteiger partial charge in [-0.2, -0.15) is 0 Å². The van der Waals surface area contributed by atoms with Crippen molar-refractivity contribution in [1.29, 1.82) is 0 Å². The van der Waals surface area contributed by atoms with Crippen LogP contribution in [0.25, 0.3) is 0 Å². The molecule has 4 unspecified atom stereocenters. The highest BCUT2D eigenvalue weighted by Crippen LogP contribution is 2.38. The van der Waals surface area contributed by atoms with E-state index in [2.05, 4.69) is 12.2 Å². The zero-order valence-electron chi connectivity index (χ0n) is 13.4. The number of ether oxygens (including phenoxy) is 3. The highest BCUT2D eigenvalue weighted by molar-refractivity contribution is 4.94. The second-order valence-electron chi connectivity index (χ2n) is 7.11. The molecule has 0 aromatic carbocycles. The zero-order valence-corrected chi connectivity index (χ0v) is 13.4. The summed E-state index contributed by atoms with van der Waals surface area (Å²) in [5, 5.41) is 3.82. The third-order valence-electron chi connectivity index (χ3n) is 5.44. The molecule has 4 heteroatoms. The van der Waals surface area contributed by atoms with E-state index in [4.69, 9.17) is 14.2 Å². The predicted octanol–water partition coefficient (Wildman–Crippen LogP) is 2.37. The second kappa shape index (κ2) is 7.40. The van der Waals surface area contributed by atoms with Crippen LogP contribution in [0.5, 0.6) is 0 Å². The molecule has 0 amide bonds. The lowest BCUT2D eigenvalue weighted by atomic mass is 9.78. The Morgan fingerprint density at radius 1 is 1.19 bits per heavy atom. The maximum atomic E-state index is 6.10. The average Bonchev–Trinajstić information content (AvgIpc) is 3.16. The van der Waals surface area contributed by atoms with Crippen LogP contribution < -0.4 is 5.32 Å². The molecular weight excluding hydrogens is 266 g/mol. The molecule has 3 aliphatic rings. The van der Waals surface area contributed by atoms with E-state index in [0.717, 1.165) is 57.8 Å². The largest absolute Gasteiger partial charge is 0.381 e. The van der Waals surface area contributed by atoms with E-state index in [0.29, 0.717) is 6.04 Å². The molecule has 4 atom stereocenters. The summed E-state index contributed by atoms with van der Waals surface area (Å²) in [4.78, 5) is 0. The Bertz CT molecular complexity index is 311. The highest BCUT2D eigenvalue weighted by atomic mass is 16.6. The number of nitrogens with one attached hydrogen (secondary N) is 1. The first kappa shape index (κ1) is 15.7. The molecule has 1 N–H and O–H groups in total. The standard InChI is InChI=1S/C17H31NO3/c1-2-6-18-16(10-14-3-7-19-12-14)15-4-8-21-17(11-15)5-9-20-13-17/h14-16,18H,2-13H2,1H3. The van der Waals surface area contributed by atoms with E-state index in [1.54, 1.807) is 0 Å². The zero-order chi connectivity index (χ0) is 14.5. The summed E-state index contributed by atoms with van der Waals surface area (Å²) >= 11 is 0. The minimum Gasteiger partial charge on any atom is -0.381 e. The lowest BCUT2D eigenvalue weighted by molar-refractivity contribution is -0.104. The third kappa shape index (κ3) is 3.98. The Morgan fingerprint density at radius 2 is 2.14 bits per heavy atom. The minimum absolute atomic E-state index is 0.0290. The average molecular weight is 297 g/mol. The van der Waals surface area contributed by atoms with Gasteiger partial charge in [-0.15, -0.1) is 0 Å². The van der Waals surface area contributed by atoms with Crippen LogP contribution in [-0.2, 0) is 14.2 Å². The quantitative estimate of drug-likeness (QED) is 0.817. The molecule has 3 fully saturated rings. The first-order valence-corrected chi connectivity index (χ1v) is 8.84. The van der Waals surface area contributed by atoms with Gasteiger partial charge in [0.2, 0.25) is 0 Å². The lowest BCUT2D eigenvalue weighted by Gasteiger charge is -2.41. The Kier molecular flexibility index (Phi) is 5.54. The van der Waals surface area contributed by atoms with Crippen molar-refractivity contribution >= 4 is 0 Å². The molecule has 3 rings (SSSR count). The summed E-state index contributed by atoms with van der Waals surface area (Å²) in [5.41, 5.74) is 0.0290. The molecule has 0 aromatic heterocycles. The monoisotopic (exact) mass is 297 g/mol. The maximum Gasteiger partial charge on any atom is 0.0939 e. The predicted molar refractivity (Wildman–Crippen MR) is 82.5 cm³/mol. The molecule has 4 nitrogen and oxygen atoms in total. The minimum atomic E-state index is 0.0290. The molecule has 3 heterocycles. The maximum absolute atomic E-state index is 6.10. The molecule has 3 saturated heterocycles. The SMILES string of the molecule is CCCNC(CC1CCOC1)C1CCOC2(CCOC2)C1. The van der Waals surface area contributed by atoms with Crippen LogP contribution in [0.2, 0.25) is 0 Å². The van der Waals surface area contributed by atoms with Gasteiger partial charge in [0, 0.05) is 38.9 Å². The second-order valence-corrected chi connectivity index (χ2v) is 7.11. The molecule has 0 saturated carbocycles. The van der Waals surface area contributed by atoms with Crippen LogP contribution in [0.3, 0.4) is 0 Å². The molecule has 0 aliphatic carbocycles. The van der Waals surface area contributed by atoms with Crippen molar-refractivity contribution in [1.82, 2.24) is 5.32 Å². The van der Waals surface area contributed by atoms with Gasteiger partial charge < -0.3 is 19.5 Å². The number of rotatable bonds is 6. The highest BCUT2D eigenvalue weighted by Gasteiger charge is 2.43. The van der Waals surface area contributed by atoms with E-state index in [1.165, 1.54) is 32.1 Å². The van der Waals surface area contributed by atoms with Gasteiger partial charge in [-0.3, -0.25) is 0 Å². The topological polar surface area (TPSA) is 39.7 Å². The van der Waals surface area contributed by atoms with Crippen LogP contribution >= 0.6 is 0 Å². The smallest absolute Gasteiger partial charge is 0.0939 e. The summed E-state index contributed by atoms with van der Waals surface area (Å²) in [6, 6.07) is 0.623. The van der Waals surface area contributed by atoms with Gasteiger partial charge in [0.1, 0.15) is 0 Å². The van der Waals surface area contributed by atoms with Gasteiger partial charge in [0.25, 0.3) is 0 Å². The summed E-state index contributed by atoms with van der Waals surface area (Å²) in [6.07, 6.45) is 7.15. The van der Waals surface area contributed by atoms with Gasteiger partial charge in [-0.25, -0.2) is 0 Å². The van der Waals surface area contributed by atoms with E-state index in [-0.39, 0.29) is 5.60 Å². The summed E-state index contributed by atoms with van der Waals surface area (Å²) in [7, 11) is 0. The normalized spacial score (nSPS) is 38.1. The summed E-state index contributed by atoms with van der Waals surface area (Å²) in [5.74, 6) is 1.48. The van der Waals surface area contributed by atoms with Crippen molar-refractivity contribution in [2.24, 2.45) is 11.8 Å². The number of hydrogen-bond donors (Lipinski definition) is 1. The van der Waals surface area contributed by atoms with Gasteiger partial charge >= 0.3 is 0 Å². The van der Waals surface area contributed by atoms with Crippen molar-refractivity contribution in [2.45, 2.75) is 57.1 Å². The van der Waals surface area contributed by atoms with Gasteiger partial charge in [0.05, 0.1) is 12.2 Å². The molecule has 122 valence electrons. The molecule has 1 spiro atoms. The van der Waals surface area contributed by atoms with E-state index < -0.39 is 0 Å². The van der Waals surface area contributed by atoms with Crippen molar-refractivity contribution < 1.29 is 14.2 Å². The van der Waals surface area contributed by atoms with Gasteiger partial charge in [0.15, 0.2) is 0 Å². The summed E-state index contributed by atoms with van der Waals surface area (Å²) in [6.45, 7) is 7.86. The molecule has 0 radical (unpaired) electrons. The fraction of sp³-hybridized carbons (Fsp3) is 1.00. The van der Waals surface area contributed by atoms with Crippen LogP contribution in [0.1, 0.15) is 45.4 Å². The molecule has 3 aliphatic heterocycles. The summed E-state index contributed by atoms with van der Waals surface area (Å²) < 4.78 is 17.3. The van der Waals surface area contributed by atoms with Crippen LogP contribution in [0.4, 0.5) is 0 Å². The van der Waals surface area contributed by atoms with E-state index in [9.17, 15) is 0 Å². The number of hydrogen-bond acceptors (Lipinski definition) is 4. The van der Waals surface area contributed by atoms with Gasteiger partial charge in [-0.05, 0) is 50.5 Å². The van der Waals surface area contributed by atoms with Crippen molar-refractivity contribution in [2.75, 3.05) is 39.6 Å². The Morgan fingerprint density at radius 3 is 2.86 bits per heavy atom. The van der Waals surface area contributed by atoms with Crippen molar-refractivity contribution in [3.05, 3.63) is 0 Å². The third-order valence-corrected chi connectivity index (χ3v) is 5.44. The molecule has 0 bridgehead atoms. The molecular formula is C17H31NO3. The molecule has 0 aromatic rings. The van der Waals surface area contributed by atoms with Gasteiger partial charge in [-0.1, -0.05) is 6.92 Å². The Hall–Kier alpha value is -0.160. The van der Waals surface area contributed by atoms with E-state index >= 15 is 0 Å². The van der Waals surface area contributed by atoms with E-state index in [1.807, 2.05) is 0 Å². The van der Waals surface area contributed by atoms with Crippen LogP contribution in [0, 0.1) is 11.8 Å². The Labute approximate surface area is 128 Å². The molecule has 21 heavy (non-hydrogen) atoms. The fourth-order valence-corrected chi connectivity index (χ4v) is 4.17. The fourth-order valence-electron chi connectivity index (χ4n) is 4.17. The first-order chi connectivity index (χ1) is 10.3. The van der Waals surface area contributed by atoms with Crippen molar-refractivity contribution in [3.63, 3.8) is 0 Å².